The maximum Gasteiger partial charge on any atom is 0.218 e. The molecule has 0 fully saturated rings. The Bertz CT molecular complexity index is 1050. The van der Waals surface area contributed by atoms with Crippen LogP contribution in [0.2, 0.25) is 5.02 Å². The summed E-state index contributed by atoms with van der Waals surface area (Å²) in [7, 11) is 2.95. The highest BCUT2D eigenvalue weighted by Gasteiger charge is 2.25. The van der Waals surface area contributed by atoms with E-state index in [4.69, 9.17) is 26.8 Å². The monoisotopic (exact) mass is 382 g/mol. The lowest BCUT2D eigenvalue weighted by molar-refractivity contribution is 0.103. The van der Waals surface area contributed by atoms with Gasteiger partial charge in [-0.15, -0.1) is 0 Å². The summed E-state index contributed by atoms with van der Waals surface area (Å²) in [5.41, 5.74) is 6.81. The Hall–Kier alpha value is -3.50. The minimum atomic E-state index is -0.481. The van der Waals surface area contributed by atoms with Crippen LogP contribution in [0.3, 0.4) is 0 Å². The molecule has 0 atom stereocenters. The Labute approximate surface area is 160 Å². The summed E-state index contributed by atoms with van der Waals surface area (Å²) in [4.78, 5) is 13.0. The molecule has 0 amide bonds. The smallest absolute Gasteiger partial charge is 0.218 e. The van der Waals surface area contributed by atoms with Crippen molar-refractivity contribution in [1.29, 1.82) is 5.26 Å². The SMILES string of the molecule is COc1ccc(C(=O)c2nn(-c3ccc(Cl)cc3)c(N)c2C#N)c(OC)c1. The molecule has 1 aromatic heterocycles. The van der Waals surface area contributed by atoms with E-state index < -0.39 is 5.78 Å². The van der Waals surface area contributed by atoms with Crippen LogP contribution >= 0.6 is 11.6 Å². The Morgan fingerprint density at radius 1 is 1.19 bits per heavy atom. The summed E-state index contributed by atoms with van der Waals surface area (Å²) in [5, 5.41) is 14.3. The van der Waals surface area contributed by atoms with Crippen LogP contribution in [0, 0.1) is 11.3 Å². The van der Waals surface area contributed by atoms with E-state index in [9.17, 15) is 10.1 Å². The van der Waals surface area contributed by atoms with Crippen LogP contribution in [0.25, 0.3) is 5.69 Å². The molecule has 0 spiro atoms. The zero-order chi connectivity index (χ0) is 19.6. The van der Waals surface area contributed by atoms with Gasteiger partial charge in [0.2, 0.25) is 5.78 Å². The zero-order valence-electron chi connectivity index (χ0n) is 14.6. The molecule has 0 aliphatic carbocycles. The molecule has 136 valence electrons. The van der Waals surface area contributed by atoms with E-state index in [2.05, 4.69) is 5.10 Å². The van der Waals surface area contributed by atoms with Crippen molar-refractivity contribution in [1.82, 2.24) is 9.78 Å². The van der Waals surface area contributed by atoms with Crippen molar-refractivity contribution in [2.24, 2.45) is 0 Å². The number of carbonyl (C=O) groups excluding carboxylic acids is 1. The van der Waals surface area contributed by atoms with E-state index in [0.717, 1.165) is 0 Å². The van der Waals surface area contributed by atoms with Gasteiger partial charge in [0.05, 0.1) is 25.5 Å². The van der Waals surface area contributed by atoms with Crippen LogP contribution in [0.15, 0.2) is 42.5 Å². The fourth-order valence-electron chi connectivity index (χ4n) is 2.59. The van der Waals surface area contributed by atoms with E-state index in [1.807, 2.05) is 6.07 Å². The number of nitrogen functional groups attached to an aromatic ring is 1. The maximum absolute atomic E-state index is 13.0. The van der Waals surface area contributed by atoms with Crippen molar-refractivity contribution in [3.05, 3.63) is 64.3 Å². The van der Waals surface area contributed by atoms with Gasteiger partial charge in [-0.25, -0.2) is 4.68 Å². The number of rotatable bonds is 5. The molecular weight excluding hydrogens is 368 g/mol. The molecule has 0 bridgehead atoms. The first kappa shape index (κ1) is 18.3. The first-order valence-electron chi connectivity index (χ1n) is 7.81. The van der Waals surface area contributed by atoms with Crippen molar-refractivity contribution in [2.45, 2.75) is 0 Å². The van der Waals surface area contributed by atoms with Gasteiger partial charge in [0.1, 0.15) is 28.9 Å². The van der Waals surface area contributed by atoms with Crippen molar-refractivity contribution in [3.8, 4) is 23.3 Å². The van der Waals surface area contributed by atoms with Crippen molar-refractivity contribution in [3.63, 3.8) is 0 Å². The molecule has 0 unspecified atom stereocenters. The molecule has 0 radical (unpaired) electrons. The Kier molecular flexibility index (Phi) is 5.01. The van der Waals surface area contributed by atoms with Gasteiger partial charge >= 0.3 is 0 Å². The second kappa shape index (κ2) is 7.40. The molecule has 7 nitrogen and oxygen atoms in total. The molecule has 0 aliphatic rings. The highest BCUT2D eigenvalue weighted by molar-refractivity contribution is 6.30. The normalized spacial score (nSPS) is 10.3. The van der Waals surface area contributed by atoms with E-state index in [1.165, 1.54) is 18.9 Å². The molecule has 2 N–H and O–H groups in total. The number of carbonyl (C=O) groups is 1. The Morgan fingerprint density at radius 2 is 1.89 bits per heavy atom. The fourth-order valence-corrected chi connectivity index (χ4v) is 2.72. The first-order chi connectivity index (χ1) is 13.0. The van der Waals surface area contributed by atoms with Crippen LogP contribution in [-0.2, 0) is 0 Å². The van der Waals surface area contributed by atoms with E-state index >= 15 is 0 Å². The molecule has 27 heavy (non-hydrogen) atoms. The number of nitriles is 1. The number of ketones is 1. The molecule has 1 heterocycles. The van der Waals surface area contributed by atoms with Gasteiger partial charge in [-0.1, -0.05) is 11.6 Å². The van der Waals surface area contributed by atoms with Gasteiger partial charge in [0, 0.05) is 11.1 Å². The number of methoxy groups -OCH3 is 2. The minimum Gasteiger partial charge on any atom is -0.497 e. The van der Waals surface area contributed by atoms with E-state index in [0.29, 0.717) is 22.2 Å². The highest BCUT2D eigenvalue weighted by atomic mass is 35.5. The van der Waals surface area contributed by atoms with Gasteiger partial charge in [-0.2, -0.15) is 10.4 Å². The number of anilines is 1. The number of hydrogen-bond donors (Lipinski definition) is 1. The van der Waals surface area contributed by atoms with Crippen LogP contribution in [0.4, 0.5) is 5.82 Å². The third kappa shape index (κ3) is 3.30. The molecular formula is C19H15ClN4O3. The number of nitrogens with zero attached hydrogens (tertiary/aromatic N) is 3. The fraction of sp³-hybridized carbons (Fsp3) is 0.105. The van der Waals surface area contributed by atoms with Gasteiger partial charge in [0.25, 0.3) is 0 Å². The van der Waals surface area contributed by atoms with E-state index in [-0.39, 0.29) is 22.6 Å². The molecule has 3 aromatic rings. The van der Waals surface area contributed by atoms with Gasteiger partial charge in [0.15, 0.2) is 5.69 Å². The van der Waals surface area contributed by atoms with Crippen LogP contribution < -0.4 is 15.2 Å². The summed E-state index contributed by atoms with van der Waals surface area (Å²) in [6.07, 6.45) is 0. The Morgan fingerprint density at radius 3 is 2.48 bits per heavy atom. The largest absolute Gasteiger partial charge is 0.497 e. The third-order valence-corrected chi connectivity index (χ3v) is 4.22. The summed E-state index contributed by atoms with van der Waals surface area (Å²) in [6.45, 7) is 0. The van der Waals surface area contributed by atoms with Crippen LogP contribution in [-0.4, -0.2) is 29.8 Å². The number of aromatic nitrogens is 2. The van der Waals surface area contributed by atoms with Gasteiger partial charge in [-0.05, 0) is 36.4 Å². The second-order valence-electron chi connectivity index (χ2n) is 5.50. The van der Waals surface area contributed by atoms with Crippen LogP contribution in [0.5, 0.6) is 11.5 Å². The summed E-state index contributed by atoms with van der Waals surface area (Å²) < 4.78 is 11.7. The second-order valence-corrected chi connectivity index (χ2v) is 5.94. The zero-order valence-corrected chi connectivity index (χ0v) is 15.3. The lowest BCUT2D eigenvalue weighted by Gasteiger charge is -2.08. The lowest BCUT2D eigenvalue weighted by atomic mass is 10.0. The molecule has 8 heteroatoms. The van der Waals surface area contributed by atoms with Crippen molar-refractivity contribution in [2.75, 3.05) is 20.0 Å². The number of benzene rings is 2. The number of ether oxygens (including phenoxy) is 2. The van der Waals surface area contributed by atoms with E-state index in [1.54, 1.807) is 42.5 Å². The standard InChI is InChI=1S/C19H15ClN4O3/c1-26-13-7-8-14(16(9-13)27-2)18(25)17-15(10-21)19(22)24(23-17)12-5-3-11(20)4-6-12/h3-9H,22H2,1-2H3. The first-order valence-corrected chi connectivity index (χ1v) is 8.19. The summed E-state index contributed by atoms with van der Waals surface area (Å²) in [5.74, 6) is 0.430. The minimum absolute atomic E-state index is 0.00665. The Balaban J connectivity index is 2.12. The van der Waals surface area contributed by atoms with Crippen molar-refractivity contribution >= 4 is 23.2 Å². The molecule has 0 aliphatic heterocycles. The maximum atomic E-state index is 13.0. The molecule has 0 saturated carbocycles. The lowest BCUT2D eigenvalue weighted by Crippen LogP contribution is -2.07. The van der Waals surface area contributed by atoms with Crippen LogP contribution in [0.1, 0.15) is 21.6 Å². The number of nitrogens with two attached hydrogens (primary N) is 1. The molecule has 0 saturated heterocycles. The topological polar surface area (TPSA) is 103 Å². The van der Waals surface area contributed by atoms with Gasteiger partial charge < -0.3 is 15.2 Å². The average Bonchev–Trinajstić information content (AvgIpc) is 3.03. The highest BCUT2D eigenvalue weighted by Crippen LogP contribution is 2.29. The number of halogens is 1. The summed E-state index contributed by atoms with van der Waals surface area (Å²) in [6, 6.07) is 13.4. The molecule has 2 aromatic carbocycles. The quantitative estimate of drug-likeness (QED) is 0.679. The molecule has 3 rings (SSSR count). The van der Waals surface area contributed by atoms with Crippen molar-refractivity contribution < 1.29 is 14.3 Å². The third-order valence-electron chi connectivity index (χ3n) is 3.97. The number of hydrogen-bond acceptors (Lipinski definition) is 6. The summed E-state index contributed by atoms with van der Waals surface area (Å²) >= 11 is 5.90. The predicted octanol–water partition coefficient (Wildman–Crippen LogP) is 3.23. The predicted molar refractivity (Wildman–Crippen MR) is 101 cm³/mol. The van der Waals surface area contributed by atoms with Gasteiger partial charge in [-0.3, -0.25) is 4.79 Å². The average molecular weight is 383 g/mol.